The first-order valence-corrected chi connectivity index (χ1v) is 6.52. The van der Waals surface area contributed by atoms with Gasteiger partial charge >= 0.3 is 0 Å². The average Bonchev–Trinajstić information content (AvgIpc) is 2.74. The van der Waals surface area contributed by atoms with E-state index >= 15 is 0 Å². The van der Waals surface area contributed by atoms with Crippen molar-refractivity contribution in [3.05, 3.63) is 15.6 Å². The molecule has 3 rings (SSSR count). The number of hydrogen-bond acceptors (Lipinski definition) is 4. The summed E-state index contributed by atoms with van der Waals surface area (Å²) >= 11 is 1.88. The molecule has 0 bridgehead atoms. The zero-order chi connectivity index (χ0) is 10.1. The van der Waals surface area contributed by atoms with Crippen molar-refractivity contribution in [1.82, 2.24) is 10.3 Å². The van der Waals surface area contributed by atoms with Gasteiger partial charge in [-0.05, 0) is 25.9 Å². The van der Waals surface area contributed by atoms with Gasteiger partial charge in [-0.15, -0.1) is 11.3 Å². The number of hydrogen-bond donors (Lipinski definition) is 1. The Morgan fingerprint density at radius 1 is 1.33 bits per heavy atom. The topological polar surface area (TPSA) is 34.1 Å². The van der Waals surface area contributed by atoms with Crippen molar-refractivity contribution in [2.75, 3.05) is 19.7 Å². The highest BCUT2D eigenvalue weighted by Crippen LogP contribution is 2.32. The third-order valence-electron chi connectivity index (χ3n) is 3.20. The normalized spacial score (nSPS) is 22.7. The lowest BCUT2D eigenvalue weighted by atomic mass is 9.99. The molecule has 2 aliphatic heterocycles. The van der Waals surface area contributed by atoms with Crippen molar-refractivity contribution >= 4 is 11.3 Å². The first-order chi connectivity index (χ1) is 7.43. The van der Waals surface area contributed by atoms with Crippen molar-refractivity contribution in [1.29, 1.82) is 0 Å². The predicted octanol–water partition coefficient (Wildman–Crippen LogP) is 1.68. The van der Waals surface area contributed by atoms with Crippen molar-refractivity contribution in [2.24, 2.45) is 0 Å². The largest absolute Gasteiger partial charge is 0.375 e. The molecule has 1 aromatic rings. The van der Waals surface area contributed by atoms with E-state index in [1.807, 2.05) is 11.3 Å². The van der Waals surface area contributed by atoms with Crippen LogP contribution in [0.2, 0.25) is 0 Å². The van der Waals surface area contributed by atoms with Gasteiger partial charge in [0, 0.05) is 12.3 Å². The standard InChI is InChI=1S/C11H16N2OS/c1-4-12-5-2-8(1)11-13-9-3-6-14-7-10(9)15-11/h8,12H,1-7H2. The van der Waals surface area contributed by atoms with Crippen LogP contribution in [0.15, 0.2) is 0 Å². The molecule has 1 aromatic heterocycles. The van der Waals surface area contributed by atoms with E-state index in [2.05, 4.69) is 5.32 Å². The van der Waals surface area contributed by atoms with Gasteiger partial charge in [0.2, 0.25) is 0 Å². The highest BCUT2D eigenvalue weighted by Gasteiger charge is 2.22. The van der Waals surface area contributed by atoms with Gasteiger partial charge in [0.15, 0.2) is 0 Å². The summed E-state index contributed by atoms with van der Waals surface area (Å²) in [6, 6.07) is 0. The monoisotopic (exact) mass is 224 g/mol. The van der Waals surface area contributed by atoms with Gasteiger partial charge in [0.25, 0.3) is 0 Å². The van der Waals surface area contributed by atoms with Gasteiger partial charge in [0.1, 0.15) is 0 Å². The quantitative estimate of drug-likeness (QED) is 0.788. The highest BCUT2D eigenvalue weighted by atomic mass is 32.1. The van der Waals surface area contributed by atoms with Gasteiger partial charge in [-0.1, -0.05) is 0 Å². The van der Waals surface area contributed by atoms with E-state index in [1.54, 1.807) is 0 Å². The van der Waals surface area contributed by atoms with E-state index in [0.29, 0.717) is 5.92 Å². The van der Waals surface area contributed by atoms with Crippen LogP contribution in [0.4, 0.5) is 0 Å². The number of fused-ring (bicyclic) bond motifs is 1. The molecule has 0 aromatic carbocycles. The van der Waals surface area contributed by atoms with E-state index < -0.39 is 0 Å². The van der Waals surface area contributed by atoms with Gasteiger partial charge in [-0.2, -0.15) is 0 Å². The second-order valence-electron chi connectivity index (χ2n) is 4.25. The Hall–Kier alpha value is -0.450. The Kier molecular flexibility index (Phi) is 2.73. The van der Waals surface area contributed by atoms with Gasteiger partial charge < -0.3 is 10.1 Å². The molecule has 0 saturated carbocycles. The maximum atomic E-state index is 5.45. The summed E-state index contributed by atoms with van der Waals surface area (Å²) < 4.78 is 5.45. The first kappa shape index (κ1) is 9.75. The van der Waals surface area contributed by atoms with Crippen LogP contribution < -0.4 is 5.32 Å². The van der Waals surface area contributed by atoms with Crippen LogP contribution in [0.1, 0.15) is 34.3 Å². The summed E-state index contributed by atoms with van der Waals surface area (Å²) in [5.74, 6) is 0.696. The Bertz CT molecular complexity index is 321. The summed E-state index contributed by atoms with van der Waals surface area (Å²) in [4.78, 5) is 6.16. The number of nitrogens with one attached hydrogen (secondary N) is 1. The van der Waals surface area contributed by atoms with E-state index in [-0.39, 0.29) is 0 Å². The van der Waals surface area contributed by atoms with Crippen LogP contribution in [0.5, 0.6) is 0 Å². The van der Waals surface area contributed by atoms with Gasteiger partial charge in [0.05, 0.1) is 28.8 Å². The van der Waals surface area contributed by atoms with Crippen LogP contribution in [0, 0.1) is 0 Å². The molecular formula is C11H16N2OS. The maximum absolute atomic E-state index is 5.45. The molecule has 1 fully saturated rings. The molecule has 1 saturated heterocycles. The third-order valence-corrected chi connectivity index (χ3v) is 4.43. The van der Waals surface area contributed by atoms with Crippen molar-refractivity contribution in [3.8, 4) is 0 Å². The molecule has 4 heteroatoms. The Morgan fingerprint density at radius 3 is 3.00 bits per heavy atom. The Balaban J connectivity index is 1.82. The Labute approximate surface area is 93.9 Å². The lowest BCUT2D eigenvalue weighted by Crippen LogP contribution is -2.26. The van der Waals surface area contributed by atoms with Crippen molar-refractivity contribution in [3.63, 3.8) is 0 Å². The molecule has 0 radical (unpaired) electrons. The van der Waals surface area contributed by atoms with Crippen molar-refractivity contribution in [2.45, 2.75) is 31.8 Å². The minimum atomic E-state index is 0.696. The van der Waals surface area contributed by atoms with Crippen LogP contribution in [0.25, 0.3) is 0 Å². The second-order valence-corrected chi connectivity index (χ2v) is 5.36. The summed E-state index contributed by atoms with van der Waals surface area (Å²) in [6.07, 6.45) is 3.50. The fourth-order valence-electron chi connectivity index (χ4n) is 2.29. The number of thiazole rings is 1. The zero-order valence-electron chi connectivity index (χ0n) is 8.79. The molecule has 3 nitrogen and oxygen atoms in total. The number of rotatable bonds is 1. The summed E-state index contributed by atoms with van der Waals surface area (Å²) in [5.41, 5.74) is 1.31. The van der Waals surface area contributed by atoms with E-state index in [9.17, 15) is 0 Å². The molecule has 3 heterocycles. The molecular weight excluding hydrogens is 208 g/mol. The Morgan fingerprint density at radius 2 is 2.20 bits per heavy atom. The van der Waals surface area contributed by atoms with E-state index in [1.165, 1.54) is 28.4 Å². The summed E-state index contributed by atoms with van der Waals surface area (Å²) in [6.45, 7) is 3.93. The smallest absolute Gasteiger partial charge is 0.0963 e. The lowest BCUT2D eigenvalue weighted by Gasteiger charge is -2.20. The maximum Gasteiger partial charge on any atom is 0.0963 e. The minimum absolute atomic E-state index is 0.696. The van der Waals surface area contributed by atoms with E-state index in [0.717, 1.165) is 32.7 Å². The number of nitrogens with zero attached hydrogens (tertiary/aromatic N) is 1. The van der Waals surface area contributed by atoms with Crippen molar-refractivity contribution < 1.29 is 4.74 Å². The number of piperidine rings is 1. The molecule has 0 spiro atoms. The fourth-order valence-corrected chi connectivity index (χ4v) is 3.51. The second kappa shape index (κ2) is 4.20. The summed E-state index contributed by atoms with van der Waals surface area (Å²) in [7, 11) is 0. The van der Waals surface area contributed by atoms with Gasteiger partial charge in [-0.3, -0.25) is 0 Å². The van der Waals surface area contributed by atoms with Gasteiger partial charge in [-0.25, -0.2) is 4.98 Å². The minimum Gasteiger partial charge on any atom is -0.375 e. The van der Waals surface area contributed by atoms with Crippen LogP contribution in [-0.4, -0.2) is 24.7 Å². The molecule has 2 aliphatic rings. The third kappa shape index (κ3) is 1.94. The van der Waals surface area contributed by atoms with E-state index in [4.69, 9.17) is 9.72 Å². The van der Waals surface area contributed by atoms with Crippen LogP contribution in [-0.2, 0) is 17.8 Å². The first-order valence-electron chi connectivity index (χ1n) is 5.70. The number of ether oxygens (including phenoxy) is 1. The molecule has 15 heavy (non-hydrogen) atoms. The van der Waals surface area contributed by atoms with Crippen LogP contribution in [0.3, 0.4) is 0 Å². The molecule has 0 unspecified atom stereocenters. The fraction of sp³-hybridized carbons (Fsp3) is 0.727. The SMILES string of the molecule is C1CC(c2nc3c(s2)COCC3)CCN1. The molecule has 82 valence electrons. The molecule has 1 N–H and O–H groups in total. The van der Waals surface area contributed by atoms with Crippen LogP contribution >= 0.6 is 11.3 Å². The zero-order valence-corrected chi connectivity index (χ0v) is 9.61. The highest BCUT2D eigenvalue weighted by molar-refractivity contribution is 7.11. The molecule has 0 amide bonds. The number of aromatic nitrogens is 1. The summed E-state index contributed by atoms with van der Waals surface area (Å²) in [5, 5.41) is 4.75. The molecule has 0 atom stereocenters. The molecule has 0 aliphatic carbocycles. The lowest BCUT2D eigenvalue weighted by molar-refractivity contribution is 0.112. The predicted molar refractivity (Wildman–Crippen MR) is 60.3 cm³/mol. The average molecular weight is 224 g/mol.